The molecule has 3 aromatic heterocycles. The van der Waals surface area contributed by atoms with E-state index in [4.69, 9.17) is 0 Å². The van der Waals surface area contributed by atoms with E-state index in [0.717, 1.165) is 53.5 Å². The van der Waals surface area contributed by atoms with E-state index in [1.165, 1.54) is 17.4 Å². The fourth-order valence-corrected chi connectivity index (χ4v) is 5.45. The van der Waals surface area contributed by atoms with E-state index in [2.05, 4.69) is 32.2 Å². The number of benzene rings is 1. The molecule has 160 valence electrons. The zero-order valence-electron chi connectivity index (χ0n) is 17.4. The van der Waals surface area contributed by atoms with E-state index < -0.39 is 0 Å². The summed E-state index contributed by atoms with van der Waals surface area (Å²) in [5.74, 6) is 1.26. The lowest BCUT2D eigenvalue weighted by molar-refractivity contribution is -0.128. The summed E-state index contributed by atoms with van der Waals surface area (Å²) in [4.78, 5) is 22.6. The molecule has 0 aliphatic carbocycles. The highest BCUT2D eigenvalue weighted by Gasteiger charge is 2.23. The van der Waals surface area contributed by atoms with Gasteiger partial charge in [0.15, 0.2) is 15.9 Å². The number of rotatable bonds is 5. The number of fused-ring (bicyclic) bond motifs is 1. The van der Waals surface area contributed by atoms with Gasteiger partial charge in [-0.3, -0.25) is 9.20 Å². The number of aryl methyl sites for hydroxylation is 1. The fraction of sp³-hybridized carbons (Fsp3) is 0.333. The van der Waals surface area contributed by atoms with Crippen molar-refractivity contribution in [3.05, 3.63) is 47.6 Å². The minimum atomic E-state index is 0.142. The quantitative estimate of drug-likeness (QED) is 0.433. The lowest BCUT2D eigenvalue weighted by Gasteiger charge is -2.36. The maximum atomic E-state index is 12.8. The highest BCUT2D eigenvalue weighted by atomic mass is 32.2. The number of carbonyl (C=O) groups is 1. The molecule has 0 saturated carbocycles. The Morgan fingerprint density at radius 1 is 1.13 bits per heavy atom. The van der Waals surface area contributed by atoms with Crippen LogP contribution in [0.3, 0.4) is 0 Å². The van der Waals surface area contributed by atoms with Gasteiger partial charge in [0.1, 0.15) is 5.69 Å². The first kappa shape index (κ1) is 20.1. The Morgan fingerprint density at radius 2 is 1.90 bits per heavy atom. The third-order valence-electron chi connectivity index (χ3n) is 5.56. The molecule has 10 heteroatoms. The second-order valence-electron chi connectivity index (χ2n) is 7.46. The van der Waals surface area contributed by atoms with E-state index in [-0.39, 0.29) is 5.91 Å². The minimum Gasteiger partial charge on any atom is -0.368 e. The molecule has 4 aromatic rings. The predicted octanol–water partition coefficient (Wildman–Crippen LogP) is 2.94. The van der Waals surface area contributed by atoms with Gasteiger partial charge in [0, 0.05) is 50.5 Å². The van der Waals surface area contributed by atoms with Gasteiger partial charge in [-0.05, 0) is 19.1 Å². The topological polar surface area (TPSA) is 71.6 Å². The maximum Gasteiger partial charge on any atom is 0.233 e. The molecule has 0 unspecified atom stereocenters. The number of thioether (sulfide) groups is 1. The Morgan fingerprint density at radius 3 is 2.68 bits per heavy atom. The van der Waals surface area contributed by atoms with E-state index >= 15 is 0 Å². The van der Waals surface area contributed by atoms with Crippen LogP contribution in [0.1, 0.15) is 5.69 Å². The zero-order valence-corrected chi connectivity index (χ0v) is 19.1. The van der Waals surface area contributed by atoms with Crippen LogP contribution in [0.25, 0.3) is 16.5 Å². The molecule has 31 heavy (non-hydrogen) atoms. The van der Waals surface area contributed by atoms with Crippen molar-refractivity contribution < 1.29 is 4.79 Å². The zero-order chi connectivity index (χ0) is 21.4. The molecule has 1 aliphatic heterocycles. The van der Waals surface area contributed by atoms with Gasteiger partial charge in [-0.2, -0.15) is 0 Å². The molecule has 1 saturated heterocycles. The predicted molar refractivity (Wildman–Crippen MR) is 124 cm³/mol. The number of carbonyl (C=O) groups excluding carboxylic acids is 1. The van der Waals surface area contributed by atoms with Crippen LogP contribution in [0, 0.1) is 6.92 Å². The Bertz CT molecular complexity index is 1210. The van der Waals surface area contributed by atoms with Gasteiger partial charge in [0.25, 0.3) is 0 Å². The molecule has 0 atom stereocenters. The third kappa shape index (κ3) is 3.81. The molecule has 0 spiro atoms. The first-order chi connectivity index (χ1) is 15.1. The van der Waals surface area contributed by atoms with Crippen LogP contribution in [0.2, 0.25) is 0 Å². The standard InChI is InChI=1S/C21H23N7OS2/c1-15-18(28-12-13-30-20(28)22-15)19-23-24-21(25(19)2)31-14-17(29)27-10-8-26(9-11-27)16-6-4-3-5-7-16/h3-7,12-13H,8-11,14H2,1-2H3. The summed E-state index contributed by atoms with van der Waals surface area (Å²) < 4.78 is 3.98. The normalized spacial score (nSPS) is 14.5. The van der Waals surface area contributed by atoms with E-state index in [1.54, 1.807) is 11.3 Å². The van der Waals surface area contributed by atoms with Crippen LogP contribution in [0.4, 0.5) is 5.69 Å². The van der Waals surface area contributed by atoms with E-state index in [1.807, 2.05) is 57.6 Å². The second-order valence-corrected chi connectivity index (χ2v) is 9.27. The number of imidazole rings is 1. The average molecular weight is 454 g/mol. The summed E-state index contributed by atoms with van der Waals surface area (Å²) in [5.41, 5.74) is 3.08. The van der Waals surface area contributed by atoms with Crippen LogP contribution in [0.5, 0.6) is 0 Å². The highest BCUT2D eigenvalue weighted by molar-refractivity contribution is 7.99. The number of aromatic nitrogens is 5. The lowest BCUT2D eigenvalue weighted by atomic mass is 10.2. The van der Waals surface area contributed by atoms with Gasteiger partial charge in [-0.1, -0.05) is 30.0 Å². The summed E-state index contributed by atoms with van der Waals surface area (Å²) in [6.07, 6.45) is 2.00. The molecular weight excluding hydrogens is 430 g/mol. The van der Waals surface area contributed by atoms with Crippen molar-refractivity contribution in [1.29, 1.82) is 0 Å². The van der Waals surface area contributed by atoms with Crippen molar-refractivity contribution in [2.24, 2.45) is 7.05 Å². The van der Waals surface area contributed by atoms with Gasteiger partial charge in [-0.25, -0.2) is 4.98 Å². The minimum absolute atomic E-state index is 0.142. The molecule has 1 aliphatic rings. The summed E-state index contributed by atoms with van der Waals surface area (Å²) >= 11 is 3.03. The van der Waals surface area contributed by atoms with Crippen molar-refractivity contribution in [2.75, 3.05) is 36.8 Å². The van der Waals surface area contributed by atoms with Crippen molar-refractivity contribution in [2.45, 2.75) is 12.1 Å². The average Bonchev–Trinajstić information content (AvgIpc) is 3.47. The van der Waals surface area contributed by atoms with Crippen LogP contribution in [-0.2, 0) is 11.8 Å². The molecule has 0 N–H and O–H groups in total. The van der Waals surface area contributed by atoms with Gasteiger partial charge in [0.2, 0.25) is 5.91 Å². The summed E-state index contributed by atoms with van der Waals surface area (Å²) in [6.45, 7) is 5.17. The molecule has 8 nitrogen and oxygen atoms in total. The van der Waals surface area contributed by atoms with Crippen LogP contribution in [-0.4, -0.2) is 66.9 Å². The molecule has 1 fully saturated rings. The first-order valence-corrected chi connectivity index (χ1v) is 12.0. The Labute approximate surface area is 188 Å². The third-order valence-corrected chi connectivity index (χ3v) is 7.32. The number of piperazine rings is 1. The van der Waals surface area contributed by atoms with Crippen molar-refractivity contribution in [3.63, 3.8) is 0 Å². The largest absolute Gasteiger partial charge is 0.368 e. The number of hydrogen-bond donors (Lipinski definition) is 0. The van der Waals surface area contributed by atoms with Gasteiger partial charge < -0.3 is 14.4 Å². The molecule has 4 heterocycles. The summed E-state index contributed by atoms with van der Waals surface area (Å²) in [7, 11) is 1.94. The van der Waals surface area contributed by atoms with Crippen molar-refractivity contribution >= 4 is 39.7 Å². The monoisotopic (exact) mass is 453 g/mol. The van der Waals surface area contributed by atoms with Gasteiger partial charge >= 0.3 is 0 Å². The van der Waals surface area contributed by atoms with Crippen molar-refractivity contribution in [1.82, 2.24) is 29.0 Å². The molecule has 0 bridgehead atoms. The number of amides is 1. The van der Waals surface area contributed by atoms with Gasteiger partial charge in [-0.15, -0.1) is 21.5 Å². The Balaban J connectivity index is 1.22. The Hall–Kier alpha value is -2.85. The second kappa shape index (κ2) is 8.35. The van der Waals surface area contributed by atoms with Crippen molar-refractivity contribution in [3.8, 4) is 11.5 Å². The Kier molecular flexibility index (Phi) is 5.41. The number of nitrogens with zero attached hydrogens (tertiary/aromatic N) is 7. The summed E-state index contributed by atoms with van der Waals surface area (Å²) in [5, 5.41) is 11.5. The fourth-order valence-electron chi connectivity index (χ4n) is 3.88. The molecular formula is C21H23N7OS2. The van der Waals surface area contributed by atoms with E-state index in [0.29, 0.717) is 5.75 Å². The first-order valence-electron chi connectivity index (χ1n) is 10.1. The SMILES string of the molecule is Cc1nc2sccn2c1-c1nnc(SCC(=O)N2CCN(c3ccccc3)CC2)n1C. The molecule has 0 radical (unpaired) electrons. The number of thiazole rings is 1. The summed E-state index contributed by atoms with van der Waals surface area (Å²) in [6, 6.07) is 10.4. The number of hydrogen-bond acceptors (Lipinski definition) is 7. The highest BCUT2D eigenvalue weighted by Crippen LogP contribution is 2.28. The lowest BCUT2D eigenvalue weighted by Crippen LogP contribution is -2.49. The maximum absolute atomic E-state index is 12.8. The molecule has 5 rings (SSSR count). The van der Waals surface area contributed by atoms with E-state index in [9.17, 15) is 4.79 Å². The van der Waals surface area contributed by atoms with Crippen LogP contribution in [0.15, 0.2) is 47.1 Å². The van der Waals surface area contributed by atoms with Gasteiger partial charge in [0.05, 0.1) is 11.4 Å². The number of anilines is 1. The van der Waals surface area contributed by atoms with Crippen LogP contribution < -0.4 is 4.90 Å². The molecule has 1 amide bonds. The molecule has 1 aromatic carbocycles. The number of para-hydroxylation sites is 1. The smallest absolute Gasteiger partial charge is 0.233 e. The van der Waals surface area contributed by atoms with Crippen LogP contribution >= 0.6 is 23.1 Å².